The van der Waals surface area contributed by atoms with Gasteiger partial charge in [0.05, 0.1) is 6.10 Å². The monoisotopic (exact) mass is 179 g/mol. The summed E-state index contributed by atoms with van der Waals surface area (Å²) in [5.41, 5.74) is 0. The Labute approximate surface area is 74.8 Å². The molecule has 0 aromatic heterocycles. The maximum Gasteiger partial charge on any atom is 0.0540 e. The topological polar surface area (TPSA) is 32.3 Å². The van der Waals surface area contributed by atoms with Crippen LogP contribution >= 0.6 is 12.4 Å². The van der Waals surface area contributed by atoms with Crippen LogP contribution in [-0.4, -0.2) is 24.8 Å². The Morgan fingerprint density at radius 1 is 1.27 bits per heavy atom. The van der Waals surface area contributed by atoms with E-state index in [0.717, 1.165) is 25.3 Å². The van der Waals surface area contributed by atoms with Crippen LogP contribution in [-0.2, 0) is 0 Å². The molecule has 0 spiro atoms. The lowest BCUT2D eigenvalue weighted by Crippen LogP contribution is -2.25. The fourth-order valence-corrected chi connectivity index (χ4v) is 1.64. The molecule has 1 aliphatic rings. The molecule has 0 aromatic rings. The van der Waals surface area contributed by atoms with Gasteiger partial charge < -0.3 is 10.4 Å². The van der Waals surface area contributed by atoms with E-state index in [1.165, 1.54) is 12.8 Å². The van der Waals surface area contributed by atoms with Crippen molar-refractivity contribution in [2.45, 2.75) is 31.8 Å². The summed E-state index contributed by atoms with van der Waals surface area (Å²) in [5, 5.41) is 12.3. The summed E-state index contributed by atoms with van der Waals surface area (Å²) >= 11 is 0. The van der Waals surface area contributed by atoms with Gasteiger partial charge in [0.1, 0.15) is 0 Å². The second kappa shape index (κ2) is 5.81. The van der Waals surface area contributed by atoms with E-state index in [0.29, 0.717) is 0 Å². The van der Waals surface area contributed by atoms with Gasteiger partial charge in [-0.05, 0) is 45.2 Å². The highest BCUT2D eigenvalue weighted by atomic mass is 35.5. The fourth-order valence-electron chi connectivity index (χ4n) is 1.64. The van der Waals surface area contributed by atoms with Crippen molar-refractivity contribution in [1.29, 1.82) is 0 Å². The van der Waals surface area contributed by atoms with E-state index >= 15 is 0 Å². The number of aliphatic hydroxyl groups excluding tert-OH is 1. The second-order valence-electron chi connectivity index (χ2n) is 3.23. The van der Waals surface area contributed by atoms with Crippen LogP contribution in [0.15, 0.2) is 0 Å². The number of rotatable bonds is 2. The largest absolute Gasteiger partial charge is 0.393 e. The zero-order chi connectivity index (χ0) is 7.40. The second-order valence-corrected chi connectivity index (χ2v) is 3.23. The van der Waals surface area contributed by atoms with Crippen LogP contribution in [0.5, 0.6) is 0 Å². The SMILES string of the molecule is CNCC1CCC(O)CC1.Cl. The third-order valence-electron chi connectivity index (χ3n) is 2.31. The molecule has 0 aliphatic heterocycles. The molecule has 1 rings (SSSR count). The molecule has 0 unspecified atom stereocenters. The summed E-state index contributed by atoms with van der Waals surface area (Å²) in [6.07, 6.45) is 4.40. The van der Waals surface area contributed by atoms with Gasteiger partial charge >= 0.3 is 0 Å². The summed E-state index contributed by atoms with van der Waals surface area (Å²) in [6.45, 7) is 1.12. The quantitative estimate of drug-likeness (QED) is 0.668. The van der Waals surface area contributed by atoms with E-state index in [-0.39, 0.29) is 18.5 Å². The molecule has 0 heterocycles. The molecule has 0 bridgehead atoms. The molecule has 1 saturated carbocycles. The van der Waals surface area contributed by atoms with E-state index in [2.05, 4.69) is 5.32 Å². The first-order chi connectivity index (χ1) is 4.83. The minimum absolute atomic E-state index is 0. The molecule has 2 nitrogen and oxygen atoms in total. The van der Waals surface area contributed by atoms with Gasteiger partial charge in [-0.3, -0.25) is 0 Å². The predicted octanol–water partition coefficient (Wildman–Crippen LogP) is 1.18. The molecule has 1 fully saturated rings. The lowest BCUT2D eigenvalue weighted by molar-refractivity contribution is 0.109. The van der Waals surface area contributed by atoms with Crippen molar-refractivity contribution >= 4 is 12.4 Å². The molecule has 3 heteroatoms. The standard InChI is InChI=1S/C8H17NO.ClH/c1-9-6-7-2-4-8(10)5-3-7;/h7-10H,2-6H2,1H3;1H. The smallest absolute Gasteiger partial charge is 0.0540 e. The molecule has 68 valence electrons. The number of hydrogen-bond donors (Lipinski definition) is 2. The third kappa shape index (κ3) is 3.94. The van der Waals surface area contributed by atoms with Gasteiger partial charge in [-0.15, -0.1) is 12.4 Å². The Morgan fingerprint density at radius 2 is 1.82 bits per heavy atom. The van der Waals surface area contributed by atoms with Gasteiger partial charge in [-0.1, -0.05) is 0 Å². The molecular formula is C8H18ClNO. The summed E-state index contributed by atoms with van der Waals surface area (Å²) in [6, 6.07) is 0. The van der Waals surface area contributed by atoms with Crippen LogP contribution in [0.2, 0.25) is 0 Å². The average Bonchev–Trinajstić information content (AvgIpc) is 1.95. The first-order valence-corrected chi connectivity index (χ1v) is 4.15. The number of hydrogen-bond acceptors (Lipinski definition) is 2. The first kappa shape index (κ1) is 11.2. The molecule has 0 atom stereocenters. The van der Waals surface area contributed by atoms with Crippen molar-refractivity contribution < 1.29 is 5.11 Å². The maximum absolute atomic E-state index is 9.17. The van der Waals surface area contributed by atoms with Crippen LogP contribution in [0.3, 0.4) is 0 Å². The lowest BCUT2D eigenvalue weighted by Gasteiger charge is -2.24. The molecule has 0 saturated heterocycles. The minimum Gasteiger partial charge on any atom is -0.393 e. The average molecular weight is 180 g/mol. The van der Waals surface area contributed by atoms with Crippen LogP contribution in [0.4, 0.5) is 0 Å². The van der Waals surface area contributed by atoms with Crippen molar-refractivity contribution in [3.05, 3.63) is 0 Å². The highest BCUT2D eigenvalue weighted by Gasteiger charge is 2.17. The van der Waals surface area contributed by atoms with Crippen molar-refractivity contribution in [1.82, 2.24) is 5.32 Å². The maximum atomic E-state index is 9.17. The van der Waals surface area contributed by atoms with E-state index in [1.807, 2.05) is 7.05 Å². The normalized spacial score (nSPS) is 31.1. The van der Waals surface area contributed by atoms with Crippen LogP contribution in [0, 0.1) is 5.92 Å². The Balaban J connectivity index is 0.000001000. The van der Waals surface area contributed by atoms with Gasteiger partial charge in [-0.2, -0.15) is 0 Å². The Kier molecular flexibility index (Phi) is 5.92. The first-order valence-electron chi connectivity index (χ1n) is 4.15. The fraction of sp³-hybridized carbons (Fsp3) is 1.00. The van der Waals surface area contributed by atoms with Crippen molar-refractivity contribution in [3.8, 4) is 0 Å². The molecule has 11 heavy (non-hydrogen) atoms. The highest BCUT2D eigenvalue weighted by molar-refractivity contribution is 5.85. The van der Waals surface area contributed by atoms with Gasteiger partial charge in [0, 0.05) is 0 Å². The molecule has 1 aliphatic carbocycles. The molecule has 0 amide bonds. The lowest BCUT2D eigenvalue weighted by atomic mass is 9.87. The van der Waals surface area contributed by atoms with E-state index < -0.39 is 0 Å². The summed E-state index contributed by atoms with van der Waals surface area (Å²) in [5.74, 6) is 0.813. The van der Waals surface area contributed by atoms with Gasteiger partial charge in [0.2, 0.25) is 0 Å². The summed E-state index contributed by atoms with van der Waals surface area (Å²) < 4.78 is 0. The van der Waals surface area contributed by atoms with Crippen LogP contribution in [0.1, 0.15) is 25.7 Å². The van der Waals surface area contributed by atoms with Crippen molar-refractivity contribution in [2.24, 2.45) is 5.92 Å². The van der Waals surface area contributed by atoms with Gasteiger partial charge in [0.15, 0.2) is 0 Å². The number of aliphatic hydroxyl groups is 1. The highest BCUT2D eigenvalue weighted by Crippen LogP contribution is 2.23. The third-order valence-corrected chi connectivity index (χ3v) is 2.31. The molecular weight excluding hydrogens is 162 g/mol. The number of halogens is 1. The molecule has 0 radical (unpaired) electrons. The zero-order valence-electron chi connectivity index (χ0n) is 7.05. The Hall–Kier alpha value is 0.210. The van der Waals surface area contributed by atoms with E-state index in [1.54, 1.807) is 0 Å². The van der Waals surface area contributed by atoms with Crippen LogP contribution < -0.4 is 5.32 Å². The minimum atomic E-state index is -0.00638. The zero-order valence-corrected chi connectivity index (χ0v) is 7.86. The van der Waals surface area contributed by atoms with Crippen molar-refractivity contribution in [3.63, 3.8) is 0 Å². The summed E-state index contributed by atoms with van der Waals surface area (Å²) in [7, 11) is 1.99. The van der Waals surface area contributed by atoms with E-state index in [4.69, 9.17) is 0 Å². The molecule has 0 aromatic carbocycles. The predicted molar refractivity (Wildman–Crippen MR) is 49.1 cm³/mol. The van der Waals surface area contributed by atoms with E-state index in [9.17, 15) is 5.11 Å². The molecule has 2 N–H and O–H groups in total. The van der Waals surface area contributed by atoms with Gasteiger partial charge in [-0.25, -0.2) is 0 Å². The Morgan fingerprint density at radius 3 is 2.27 bits per heavy atom. The summed E-state index contributed by atoms with van der Waals surface area (Å²) in [4.78, 5) is 0. The Bertz CT molecular complexity index is 92.1. The number of nitrogens with one attached hydrogen (secondary N) is 1. The van der Waals surface area contributed by atoms with Crippen LogP contribution in [0.25, 0.3) is 0 Å². The van der Waals surface area contributed by atoms with Crippen molar-refractivity contribution in [2.75, 3.05) is 13.6 Å². The van der Waals surface area contributed by atoms with Gasteiger partial charge in [0.25, 0.3) is 0 Å².